The van der Waals surface area contributed by atoms with Crippen molar-refractivity contribution >= 4 is 17.0 Å². The lowest BCUT2D eigenvalue weighted by Crippen LogP contribution is -2.00. The Morgan fingerprint density at radius 3 is 1.95 bits per heavy atom. The van der Waals surface area contributed by atoms with Gasteiger partial charge in [0.2, 0.25) is 0 Å². The van der Waals surface area contributed by atoms with Gasteiger partial charge in [-0.25, -0.2) is 0 Å². The topological polar surface area (TPSA) is 32.6 Å². The van der Waals surface area contributed by atoms with Crippen molar-refractivity contribution in [3.63, 3.8) is 0 Å². The molecule has 0 aliphatic rings. The van der Waals surface area contributed by atoms with Crippen LogP contribution in [0.5, 0.6) is 0 Å². The second kappa shape index (κ2) is 6.61. The van der Waals surface area contributed by atoms with Crippen molar-refractivity contribution in [2.45, 2.75) is 34.6 Å². The van der Waals surface area contributed by atoms with Crippen LogP contribution >= 0.6 is 0 Å². The summed E-state index contributed by atoms with van der Waals surface area (Å²) >= 11 is 0. The van der Waals surface area contributed by atoms with Gasteiger partial charge in [0.25, 0.3) is 0 Å². The number of benzene rings is 2. The van der Waals surface area contributed by atoms with Crippen LogP contribution < -0.4 is 0 Å². The largest absolute Gasteiger partial charge is 0.512 e. The van der Waals surface area contributed by atoms with Crippen LogP contribution in [0.2, 0.25) is 0 Å². The molecule has 0 bridgehead atoms. The molecule has 2 nitrogen and oxygen atoms in total. The van der Waals surface area contributed by atoms with E-state index in [1.54, 1.807) is 6.92 Å². The van der Waals surface area contributed by atoms with E-state index in [4.69, 9.17) is 4.99 Å². The average Bonchev–Trinajstić information content (AvgIpc) is 2.43. The van der Waals surface area contributed by atoms with E-state index >= 15 is 0 Å². The molecule has 0 heterocycles. The first kappa shape index (κ1) is 16.0. The van der Waals surface area contributed by atoms with E-state index < -0.39 is 0 Å². The molecule has 114 valence electrons. The Bertz CT molecular complexity index is 713. The first-order chi connectivity index (χ1) is 10.4. The fourth-order valence-electron chi connectivity index (χ4n) is 2.86. The molecule has 0 spiro atoms. The van der Waals surface area contributed by atoms with Gasteiger partial charge in [0, 0.05) is 11.3 Å². The molecular weight excluding hydrogens is 270 g/mol. The Hall–Kier alpha value is -2.35. The molecule has 2 rings (SSSR count). The molecule has 0 unspecified atom stereocenters. The molecule has 0 atom stereocenters. The van der Waals surface area contributed by atoms with Crippen molar-refractivity contribution in [1.29, 1.82) is 0 Å². The maximum absolute atomic E-state index is 10.1. The second-order valence-electron chi connectivity index (χ2n) is 5.77. The fraction of sp³-hybridized carbons (Fsp3) is 0.250. The Labute approximate surface area is 132 Å². The molecule has 1 N–H and O–H groups in total. The molecule has 0 aliphatic carbocycles. The van der Waals surface area contributed by atoms with Crippen molar-refractivity contribution in [3.8, 4) is 0 Å². The van der Waals surface area contributed by atoms with Crippen molar-refractivity contribution < 1.29 is 5.11 Å². The lowest BCUT2D eigenvalue weighted by atomic mass is 10.00. The monoisotopic (exact) mass is 293 g/mol. The highest BCUT2D eigenvalue weighted by Gasteiger charge is 2.11. The molecule has 22 heavy (non-hydrogen) atoms. The first-order valence-electron chi connectivity index (χ1n) is 7.49. The van der Waals surface area contributed by atoms with Crippen molar-refractivity contribution in [3.05, 3.63) is 70.5 Å². The lowest BCUT2D eigenvalue weighted by Gasteiger charge is -2.12. The summed E-state index contributed by atoms with van der Waals surface area (Å²) in [6, 6.07) is 14.1. The van der Waals surface area contributed by atoms with E-state index in [9.17, 15) is 5.11 Å². The standard InChI is InChI=1S/C20H23NO/c1-13-11-14(2)20(15(3)12-13)21-16(4)19(17(5)22)18-9-7-6-8-10-18/h6-12,22H,1-5H3/b19-17+,21-16+. The smallest absolute Gasteiger partial charge is 0.0988 e. The van der Waals surface area contributed by atoms with Crippen LogP contribution in [0.1, 0.15) is 36.1 Å². The summed E-state index contributed by atoms with van der Waals surface area (Å²) < 4.78 is 0. The third-order valence-electron chi connectivity index (χ3n) is 3.70. The van der Waals surface area contributed by atoms with E-state index in [1.807, 2.05) is 37.3 Å². The van der Waals surface area contributed by atoms with Gasteiger partial charge >= 0.3 is 0 Å². The van der Waals surface area contributed by atoms with Gasteiger partial charge < -0.3 is 5.11 Å². The quantitative estimate of drug-likeness (QED) is 0.572. The maximum Gasteiger partial charge on any atom is 0.0988 e. The van der Waals surface area contributed by atoms with Crippen LogP contribution in [0.4, 0.5) is 5.69 Å². The number of allylic oxidation sites excluding steroid dienone is 2. The van der Waals surface area contributed by atoms with Gasteiger partial charge in [-0.2, -0.15) is 0 Å². The third kappa shape index (κ3) is 3.45. The lowest BCUT2D eigenvalue weighted by molar-refractivity contribution is 0.418. The van der Waals surface area contributed by atoms with Crippen molar-refractivity contribution in [1.82, 2.24) is 0 Å². The minimum Gasteiger partial charge on any atom is -0.512 e. The summed E-state index contributed by atoms with van der Waals surface area (Å²) in [4.78, 5) is 4.80. The van der Waals surface area contributed by atoms with Crippen LogP contribution in [0, 0.1) is 20.8 Å². The van der Waals surface area contributed by atoms with Crippen LogP contribution in [0.3, 0.4) is 0 Å². The van der Waals surface area contributed by atoms with Gasteiger partial charge in [-0.3, -0.25) is 4.99 Å². The number of aliphatic hydroxyl groups is 1. The van der Waals surface area contributed by atoms with Gasteiger partial charge in [0.05, 0.1) is 11.4 Å². The van der Waals surface area contributed by atoms with Crippen LogP contribution in [-0.4, -0.2) is 10.8 Å². The van der Waals surface area contributed by atoms with Crippen molar-refractivity contribution in [2.24, 2.45) is 4.99 Å². The summed E-state index contributed by atoms with van der Waals surface area (Å²) in [5.74, 6) is 0.287. The molecule has 2 heteroatoms. The highest BCUT2D eigenvalue weighted by molar-refractivity contribution is 6.24. The van der Waals surface area contributed by atoms with Crippen LogP contribution in [-0.2, 0) is 0 Å². The maximum atomic E-state index is 10.1. The minimum absolute atomic E-state index is 0.287. The molecule has 0 saturated heterocycles. The van der Waals surface area contributed by atoms with E-state index in [0.29, 0.717) is 0 Å². The number of rotatable bonds is 3. The van der Waals surface area contributed by atoms with E-state index in [1.165, 1.54) is 5.56 Å². The zero-order valence-corrected chi connectivity index (χ0v) is 13.9. The second-order valence-corrected chi connectivity index (χ2v) is 5.77. The molecule has 0 radical (unpaired) electrons. The van der Waals surface area contributed by atoms with Gasteiger partial charge in [0.1, 0.15) is 0 Å². The number of hydrogen-bond acceptors (Lipinski definition) is 2. The van der Waals surface area contributed by atoms with E-state index in [0.717, 1.165) is 33.7 Å². The Balaban J connectivity index is 2.54. The predicted molar refractivity (Wildman–Crippen MR) is 95.1 cm³/mol. The van der Waals surface area contributed by atoms with Crippen LogP contribution in [0.15, 0.2) is 53.2 Å². The summed E-state index contributed by atoms with van der Waals surface area (Å²) in [5.41, 5.74) is 7.12. The molecule has 2 aromatic rings. The Morgan fingerprint density at radius 1 is 0.909 bits per heavy atom. The number of hydrogen-bond donors (Lipinski definition) is 1. The van der Waals surface area contributed by atoms with Gasteiger partial charge in [-0.1, -0.05) is 48.0 Å². The SMILES string of the molecule is C/C(O)=C(/C(C)=N/c1c(C)cc(C)cc1C)c1ccccc1. The van der Waals surface area contributed by atoms with Crippen LogP contribution in [0.25, 0.3) is 5.57 Å². The fourth-order valence-corrected chi connectivity index (χ4v) is 2.86. The summed E-state index contributed by atoms with van der Waals surface area (Å²) in [5, 5.41) is 10.1. The normalized spacial score (nSPS) is 13.0. The number of aliphatic hydroxyl groups excluding tert-OH is 1. The summed E-state index contributed by atoms with van der Waals surface area (Å²) in [7, 11) is 0. The van der Waals surface area contributed by atoms with E-state index in [-0.39, 0.29) is 5.76 Å². The summed E-state index contributed by atoms with van der Waals surface area (Å²) in [6.45, 7) is 9.89. The highest BCUT2D eigenvalue weighted by Crippen LogP contribution is 2.28. The number of aryl methyl sites for hydroxylation is 3. The molecule has 0 aliphatic heterocycles. The summed E-state index contributed by atoms with van der Waals surface area (Å²) in [6.07, 6.45) is 0. The average molecular weight is 293 g/mol. The molecule has 0 saturated carbocycles. The molecule has 0 fully saturated rings. The zero-order valence-electron chi connectivity index (χ0n) is 13.9. The van der Waals surface area contributed by atoms with Crippen molar-refractivity contribution in [2.75, 3.05) is 0 Å². The minimum atomic E-state index is 0.287. The molecule has 0 aromatic heterocycles. The van der Waals surface area contributed by atoms with Gasteiger partial charge in [0.15, 0.2) is 0 Å². The zero-order chi connectivity index (χ0) is 16.3. The van der Waals surface area contributed by atoms with Gasteiger partial charge in [-0.05, 0) is 51.3 Å². The predicted octanol–water partition coefficient (Wildman–Crippen LogP) is 5.69. The molecule has 2 aromatic carbocycles. The first-order valence-corrected chi connectivity index (χ1v) is 7.49. The Morgan fingerprint density at radius 2 is 1.45 bits per heavy atom. The van der Waals surface area contributed by atoms with E-state index in [2.05, 4.69) is 32.9 Å². The number of nitrogens with zero attached hydrogens (tertiary/aromatic N) is 1. The number of aliphatic imine (C=N–C) groups is 1. The van der Waals surface area contributed by atoms with Gasteiger partial charge in [-0.15, -0.1) is 0 Å². The third-order valence-corrected chi connectivity index (χ3v) is 3.70. The molecule has 0 amide bonds. The molecular formula is C20H23NO. The highest BCUT2D eigenvalue weighted by atomic mass is 16.3. The Kier molecular flexibility index (Phi) is 4.81.